The molecule has 2 fully saturated rings. The van der Waals surface area contributed by atoms with Gasteiger partial charge in [0.1, 0.15) is 6.61 Å². The summed E-state index contributed by atoms with van der Waals surface area (Å²) in [6, 6.07) is 0. The normalized spacial score (nSPS) is 24.1. The maximum atomic E-state index is 12.1. The van der Waals surface area contributed by atoms with Gasteiger partial charge in [-0.2, -0.15) is 0 Å². The number of ether oxygens (including phenoxy) is 2. The molecule has 5 nitrogen and oxygen atoms in total. The zero-order valence-corrected chi connectivity index (χ0v) is 13.2. The predicted octanol–water partition coefficient (Wildman–Crippen LogP) is 1.99. The smallest absolute Gasteiger partial charge is 0.309 e. The average molecular weight is 297 g/mol. The third-order valence-electron chi connectivity index (χ3n) is 4.32. The largest absolute Gasteiger partial charge is 0.463 e. The van der Waals surface area contributed by atoms with Crippen LogP contribution in [0.5, 0.6) is 0 Å². The molecule has 2 aliphatic heterocycles. The molecule has 0 N–H and O–H groups in total. The van der Waals surface area contributed by atoms with E-state index < -0.39 is 0 Å². The minimum atomic E-state index is -0.124. The fraction of sp³-hybridized carbons (Fsp3) is 0.875. The lowest BCUT2D eigenvalue weighted by Gasteiger charge is -2.32. The summed E-state index contributed by atoms with van der Waals surface area (Å²) >= 11 is 0. The van der Waals surface area contributed by atoms with Crippen LogP contribution >= 0.6 is 0 Å². The van der Waals surface area contributed by atoms with Crippen molar-refractivity contribution in [3.05, 3.63) is 0 Å². The van der Waals surface area contributed by atoms with Crippen LogP contribution in [0.25, 0.3) is 0 Å². The number of nitrogens with zero attached hydrogens (tertiary/aromatic N) is 1. The highest BCUT2D eigenvalue weighted by molar-refractivity contribution is 5.79. The van der Waals surface area contributed by atoms with E-state index >= 15 is 0 Å². The van der Waals surface area contributed by atoms with Gasteiger partial charge in [0.05, 0.1) is 12.0 Å². The van der Waals surface area contributed by atoms with Crippen molar-refractivity contribution in [2.75, 3.05) is 26.3 Å². The van der Waals surface area contributed by atoms with Crippen LogP contribution in [0.3, 0.4) is 0 Å². The Morgan fingerprint density at radius 2 is 1.90 bits per heavy atom. The van der Waals surface area contributed by atoms with E-state index in [2.05, 4.69) is 0 Å². The van der Waals surface area contributed by atoms with Gasteiger partial charge < -0.3 is 14.4 Å². The van der Waals surface area contributed by atoms with Crippen molar-refractivity contribution < 1.29 is 19.1 Å². The molecule has 5 heteroatoms. The van der Waals surface area contributed by atoms with Gasteiger partial charge in [0, 0.05) is 25.6 Å². The number of amides is 1. The Morgan fingerprint density at radius 3 is 2.48 bits per heavy atom. The van der Waals surface area contributed by atoms with Crippen molar-refractivity contribution in [3.8, 4) is 0 Å². The van der Waals surface area contributed by atoms with Crippen molar-refractivity contribution in [2.24, 2.45) is 11.8 Å². The lowest BCUT2D eigenvalue weighted by molar-refractivity contribution is -0.157. The molecule has 0 spiro atoms. The van der Waals surface area contributed by atoms with E-state index in [0.29, 0.717) is 32.5 Å². The van der Waals surface area contributed by atoms with Gasteiger partial charge in [0.15, 0.2) is 0 Å². The van der Waals surface area contributed by atoms with Crippen LogP contribution in [-0.2, 0) is 19.1 Å². The highest BCUT2D eigenvalue weighted by Gasteiger charge is 2.29. The summed E-state index contributed by atoms with van der Waals surface area (Å²) in [7, 11) is 0. The number of esters is 1. The highest BCUT2D eigenvalue weighted by Crippen LogP contribution is 2.21. The number of carbonyl (C=O) groups is 2. The number of piperidine rings is 1. The lowest BCUT2D eigenvalue weighted by Crippen LogP contribution is -2.42. The summed E-state index contributed by atoms with van der Waals surface area (Å²) < 4.78 is 11.0. The van der Waals surface area contributed by atoms with Gasteiger partial charge >= 0.3 is 5.97 Å². The van der Waals surface area contributed by atoms with Crippen LogP contribution in [-0.4, -0.2) is 49.2 Å². The van der Waals surface area contributed by atoms with E-state index in [-0.39, 0.29) is 29.8 Å². The molecular weight excluding hydrogens is 270 g/mol. The molecule has 2 saturated heterocycles. The maximum absolute atomic E-state index is 12.1. The highest BCUT2D eigenvalue weighted by atomic mass is 16.6. The van der Waals surface area contributed by atoms with Crippen molar-refractivity contribution >= 4 is 11.9 Å². The van der Waals surface area contributed by atoms with Crippen LogP contribution < -0.4 is 0 Å². The quantitative estimate of drug-likeness (QED) is 0.745. The van der Waals surface area contributed by atoms with Gasteiger partial charge in [0.25, 0.3) is 0 Å². The second-order valence-electron chi connectivity index (χ2n) is 6.37. The molecule has 1 amide bonds. The minimum Gasteiger partial charge on any atom is -0.463 e. The number of hydrogen-bond donors (Lipinski definition) is 0. The molecule has 0 aromatic rings. The van der Waals surface area contributed by atoms with Gasteiger partial charge in [-0.25, -0.2) is 0 Å². The van der Waals surface area contributed by atoms with Gasteiger partial charge in [-0.05, 0) is 32.1 Å². The summed E-state index contributed by atoms with van der Waals surface area (Å²) in [5.74, 6) is 0.0139. The topological polar surface area (TPSA) is 55.8 Å². The number of rotatable bonds is 4. The molecule has 0 bridgehead atoms. The number of carbonyl (C=O) groups excluding carboxylic acids is 2. The van der Waals surface area contributed by atoms with Crippen LogP contribution in [0.2, 0.25) is 0 Å². The Kier molecular flexibility index (Phi) is 6.03. The number of likely N-dealkylation sites (tertiary alicyclic amines) is 1. The molecule has 0 aliphatic carbocycles. The summed E-state index contributed by atoms with van der Waals surface area (Å²) in [4.78, 5) is 25.8. The summed E-state index contributed by atoms with van der Waals surface area (Å²) in [6.45, 7) is 6.30. The van der Waals surface area contributed by atoms with Crippen LogP contribution in [0.1, 0.15) is 46.0 Å². The van der Waals surface area contributed by atoms with E-state index in [0.717, 1.165) is 25.9 Å². The van der Waals surface area contributed by atoms with Crippen LogP contribution in [0, 0.1) is 11.8 Å². The third-order valence-corrected chi connectivity index (χ3v) is 4.32. The molecule has 0 radical (unpaired) electrons. The first-order valence-corrected chi connectivity index (χ1v) is 8.15. The molecule has 0 aromatic heterocycles. The Balaban J connectivity index is 1.69. The molecule has 0 aromatic carbocycles. The Hall–Kier alpha value is -1.10. The van der Waals surface area contributed by atoms with Crippen LogP contribution in [0.4, 0.5) is 0 Å². The maximum Gasteiger partial charge on any atom is 0.309 e. The van der Waals surface area contributed by atoms with E-state index in [4.69, 9.17) is 9.47 Å². The van der Waals surface area contributed by atoms with Gasteiger partial charge in [0.2, 0.25) is 5.91 Å². The molecule has 2 aliphatic rings. The van der Waals surface area contributed by atoms with E-state index in [1.165, 1.54) is 0 Å². The Morgan fingerprint density at radius 1 is 1.19 bits per heavy atom. The van der Waals surface area contributed by atoms with Gasteiger partial charge in [-0.15, -0.1) is 0 Å². The molecule has 1 unspecified atom stereocenters. The first-order valence-electron chi connectivity index (χ1n) is 8.15. The molecular formula is C16H27NO4. The molecule has 0 saturated carbocycles. The Labute approximate surface area is 127 Å². The van der Waals surface area contributed by atoms with Crippen molar-refractivity contribution in [1.29, 1.82) is 0 Å². The first-order chi connectivity index (χ1) is 10.1. The van der Waals surface area contributed by atoms with Crippen molar-refractivity contribution in [2.45, 2.75) is 52.1 Å². The molecule has 21 heavy (non-hydrogen) atoms. The molecule has 2 heterocycles. The average Bonchev–Trinajstić information content (AvgIpc) is 2.53. The standard InChI is InChI=1S/C16H27NO4/c1-12(2)15(18)17-8-6-13(7-9-17)16(19)21-11-14-5-3-4-10-20-14/h12-14H,3-11H2,1-2H3. The molecule has 120 valence electrons. The van der Waals surface area contributed by atoms with E-state index in [1.807, 2.05) is 18.7 Å². The fourth-order valence-corrected chi connectivity index (χ4v) is 2.93. The van der Waals surface area contributed by atoms with E-state index in [1.54, 1.807) is 0 Å². The SMILES string of the molecule is CC(C)C(=O)N1CCC(C(=O)OCC2CCCCO2)CC1. The summed E-state index contributed by atoms with van der Waals surface area (Å²) in [6.07, 6.45) is 4.73. The lowest BCUT2D eigenvalue weighted by atomic mass is 9.96. The third kappa shape index (κ3) is 4.70. The summed E-state index contributed by atoms with van der Waals surface area (Å²) in [5.41, 5.74) is 0. The van der Waals surface area contributed by atoms with Gasteiger partial charge in [-0.1, -0.05) is 13.8 Å². The van der Waals surface area contributed by atoms with Crippen molar-refractivity contribution in [1.82, 2.24) is 4.90 Å². The van der Waals surface area contributed by atoms with E-state index in [9.17, 15) is 9.59 Å². The van der Waals surface area contributed by atoms with Gasteiger partial charge in [-0.3, -0.25) is 9.59 Å². The Bertz CT molecular complexity index is 355. The molecule has 2 rings (SSSR count). The zero-order chi connectivity index (χ0) is 15.2. The summed E-state index contributed by atoms with van der Waals surface area (Å²) in [5, 5.41) is 0. The second-order valence-corrected chi connectivity index (χ2v) is 6.37. The minimum absolute atomic E-state index is 0.0250. The second kappa shape index (κ2) is 7.78. The number of hydrogen-bond acceptors (Lipinski definition) is 4. The van der Waals surface area contributed by atoms with Crippen LogP contribution in [0.15, 0.2) is 0 Å². The zero-order valence-electron chi connectivity index (χ0n) is 13.2. The molecule has 1 atom stereocenters. The monoisotopic (exact) mass is 297 g/mol. The fourth-order valence-electron chi connectivity index (χ4n) is 2.93. The predicted molar refractivity (Wildman–Crippen MR) is 78.7 cm³/mol. The van der Waals surface area contributed by atoms with Crippen molar-refractivity contribution in [3.63, 3.8) is 0 Å². The first kappa shape index (κ1) is 16.3.